The van der Waals surface area contributed by atoms with E-state index in [0.717, 1.165) is 12.8 Å². The first kappa shape index (κ1) is 8.09. The van der Waals surface area contributed by atoms with E-state index in [1.807, 2.05) is 0 Å². The maximum Gasteiger partial charge on any atom is 0.0381 e. The van der Waals surface area contributed by atoms with Gasteiger partial charge in [0.1, 0.15) is 0 Å². The summed E-state index contributed by atoms with van der Waals surface area (Å²) in [5.74, 6) is 0. The highest BCUT2D eigenvalue weighted by molar-refractivity contribution is 7.09. The van der Waals surface area contributed by atoms with Gasteiger partial charge in [-0.15, -0.1) is 22.9 Å². The van der Waals surface area contributed by atoms with Gasteiger partial charge in [-0.3, -0.25) is 0 Å². The molecule has 0 aliphatic carbocycles. The quantitative estimate of drug-likeness (QED) is 0.617. The van der Waals surface area contributed by atoms with Crippen LogP contribution in [0.1, 0.15) is 18.2 Å². The van der Waals surface area contributed by atoms with E-state index in [2.05, 4.69) is 24.4 Å². The Morgan fingerprint density at radius 1 is 1.70 bits per heavy atom. The summed E-state index contributed by atoms with van der Waals surface area (Å²) in [5, 5.41) is 2.41. The Kier molecular flexibility index (Phi) is 3.23. The topological polar surface area (TPSA) is 0 Å². The molecule has 56 valence electrons. The summed E-state index contributed by atoms with van der Waals surface area (Å²) < 4.78 is 0. The molecule has 0 bridgehead atoms. The van der Waals surface area contributed by atoms with Crippen LogP contribution >= 0.6 is 22.9 Å². The van der Waals surface area contributed by atoms with Crippen molar-refractivity contribution in [1.29, 1.82) is 0 Å². The van der Waals surface area contributed by atoms with Gasteiger partial charge in [0.05, 0.1) is 0 Å². The third kappa shape index (κ3) is 2.31. The Labute approximate surface area is 70.8 Å². The lowest BCUT2D eigenvalue weighted by molar-refractivity contribution is 0.814. The molecule has 0 spiro atoms. The smallest absolute Gasteiger partial charge is 0.0381 e. The van der Waals surface area contributed by atoms with E-state index in [1.165, 1.54) is 4.88 Å². The van der Waals surface area contributed by atoms with Crippen molar-refractivity contribution >= 4 is 22.9 Å². The van der Waals surface area contributed by atoms with Crippen molar-refractivity contribution in [2.75, 3.05) is 0 Å². The highest BCUT2D eigenvalue weighted by Gasteiger charge is 2.02. The van der Waals surface area contributed by atoms with E-state index in [-0.39, 0.29) is 0 Å². The first-order valence-electron chi connectivity index (χ1n) is 3.49. The van der Waals surface area contributed by atoms with E-state index in [0.29, 0.717) is 5.38 Å². The van der Waals surface area contributed by atoms with Gasteiger partial charge < -0.3 is 0 Å². The Hall–Kier alpha value is -0.0100. The number of rotatable bonds is 3. The van der Waals surface area contributed by atoms with Crippen LogP contribution < -0.4 is 0 Å². The largest absolute Gasteiger partial charge is 0.149 e. The van der Waals surface area contributed by atoms with Gasteiger partial charge in [0.25, 0.3) is 0 Å². The molecule has 1 atom stereocenters. The second-order valence-corrected chi connectivity index (χ2v) is 3.94. The summed E-state index contributed by atoms with van der Waals surface area (Å²) in [7, 11) is 0. The third-order valence-corrected chi connectivity index (χ3v) is 2.81. The average molecular weight is 175 g/mol. The average Bonchev–Trinajstić information content (AvgIpc) is 2.40. The van der Waals surface area contributed by atoms with Crippen LogP contribution in [0.3, 0.4) is 0 Å². The van der Waals surface area contributed by atoms with Crippen molar-refractivity contribution in [2.45, 2.75) is 25.1 Å². The van der Waals surface area contributed by atoms with Crippen LogP contribution in [0.5, 0.6) is 0 Å². The van der Waals surface area contributed by atoms with Gasteiger partial charge in [0.2, 0.25) is 0 Å². The molecule has 0 nitrogen and oxygen atoms in total. The second-order valence-electron chi connectivity index (χ2n) is 2.29. The Balaban J connectivity index is 2.40. The number of halogens is 1. The fourth-order valence-electron chi connectivity index (χ4n) is 0.791. The van der Waals surface area contributed by atoms with Crippen molar-refractivity contribution in [2.24, 2.45) is 0 Å². The summed E-state index contributed by atoms with van der Waals surface area (Å²) in [5.41, 5.74) is 0. The molecule has 0 unspecified atom stereocenters. The van der Waals surface area contributed by atoms with Crippen LogP contribution in [0, 0.1) is 0 Å². The third-order valence-electron chi connectivity index (χ3n) is 1.45. The zero-order valence-electron chi connectivity index (χ0n) is 6.01. The van der Waals surface area contributed by atoms with Crippen molar-refractivity contribution in [1.82, 2.24) is 0 Å². The van der Waals surface area contributed by atoms with Crippen LogP contribution in [-0.4, -0.2) is 5.38 Å². The van der Waals surface area contributed by atoms with E-state index in [4.69, 9.17) is 11.6 Å². The first-order chi connectivity index (χ1) is 4.83. The molecule has 0 aliphatic rings. The molecule has 0 N–H and O–H groups in total. The number of hydrogen-bond donors (Lipinski definition) is 0. The van der Waals surface area contributed by atoms with E-state index in [1.54, 1.807) is 11.3 Å². The van der Waals surface area contributed by atoms with E-state index >= 15 is 0 Å². The minimum absolute atomic E-state index is 0.318. The SMILES string of the molecule is CC[C@@H](Cl)Cc1cccs1. The highest BCUT2D eigenvalue weighted by Crippen LogP contribution is 2.15. The Bertz CT molecular complexity index is 169. The fourth-order valence-corrected chi connectivity index (χ4v) is 1.84. The van der Waals surface area contributed by atoms with Gasteiger partial charge in [-0.25, -0.2) is 0 Å². The second kappa shape index (κ2) is 3.99. The Morgan fingerprint density at radius 2 is 2.50 bits per heavy atom. The summed E-state index contributed by atoms with van der Waals surface area (Å²) >= 11 is 7.75. The lowest BCUT2D eigenvalue weighted by Gasteiger charge is -2.01. The summed E-state index contributed by atoms with van der Waals surface area (Å²) in [4.78, 5) is 1.39. The van der Waals surface area contributed by atoms with E-state index < -0.39 is 0 Å². The number of hydrogen-bond acceptors (Lipinski definition) is 1. The normalized spacial score (nSPS) is 13.4. The zero-order valence-corrected chi connectivity index (χ0v) is 7.58. The monoisotopic (exact) mass is 174 g/mol. The number of alkyl halides is 1. The summed E-state index contributed by atoms with van der Waals surface area (Å²) in [6, 6.07) is 4.20. The van der Waals surface area contributed by atoms with Crippen molar-refractivity contribution in [3.8, 4) is 0 Å². The molecule has 0 saturated heterocycles. The molecule has 0 aromatic carbocycles. The standard InChI is InChI=1S/C8H11ClS/c1-2-7(9)6-8-4-3-5-10-8/h3-5,7H,2,6H2,1H3/t7-/m1/s1. The van der Waals surface area contributed by atoms with Gasteiger partial charge >= 0.3 is 0 Å². The van der Waals surface area contributed by atoms with Crippen molar-refractivity contribution in [3.05, 3.63) is 22.4 Å². The van der Waals surface area contributed by atoms with Crippen LogP contribution in [0.4, 0.5) is 0 Å². The molecule has 0 fully saturated rings. The van der Waals surface area contributed by atoms with Crippen LogP contribution in [-0.2, 0) is 6.42 Å². The molecule has 0 radical (unpaired) electrons. The molecule has 1 aromatic rings. The lowest BCUT2D eigenvalue weighted by atomic mass is 10.2. The van der Waals surface area contributed by atoms with Gasteiger partial charge in [-0.2, -0.15) is 0 Å². The summed E-state index contributed by atoms with van der Waals surface area (Å²) in [6.07, 6.45) is 2.08. The van der Waals surface area contributed by atoms with Gasteiger partial charge in [0, 0.05) is 10.3 Å². The molecule has 1 rings (SSSR count). The summed E-state index contributed by atoms with van der Waals surface area (Å²) in [6.45, 7) is 2.12. The molecule has 0 amide bonds. The first-order valence-corrected chi connectivity index (χ1v) is 4.81. The van der Waals surface area contributed by atoms with Gasteiger partial charge in [0.15, 0.2) is 0 Å². The van der Waals surface area contributed by atoms with E-state index in [9.17, 15) is 0 Å². The van der Waals surface area contributed by atoms with Crippen LogP contribution in [0.25, 0.3) is 0 Å². The number of thiophene rings is 1. The minimum atomic E-state index is 0.318. The molecule has 2 heteroatoms. The maximum atomic E-state index is 5.96. The molecule has 10 heavy (non-hydrogen) atoms. The molecule has 1 aromatic heterocycles. The maximum absolute atomic E-state index is 5.96. The zero-order chi connectivity index (χ0) is 7.40. The van der Waals surface area contributed by atoms with Gasteiger partial charge in [-0.05, 0) is 24.3 Å². The molecule has 0 aliphatic heterocycles. The minimum Gasteiger partial charge on any atom is -0.149 e. The molecule has 1 heterocycles. The van der Waals surface area contributed by atoms with Gasteiger partial charge in [-0.1, -0.05) is 13.0 Å². The highest BCUT2D eigenvalue weighted by atomic mass is 35.5. The Morgan fingerprint density at radius 3 is 3.00 bits per heavy atom. The molecule has 0 saturated carbocycles. The van der Waals surface area contributed by atoms with Crippen LogP contribution in [0.2, 0.25) is 0 Å². The predicted octanol–water partition coefficient (Wildman–Crippen LogP) is 3.31. The molecular weight excluding hydrogens is 164 g/mol. The fraction of sp³-hybridized carbons (Fsp3) is 0.500. The molecular formula is C8H11ClS. The van der Waals surface area contributed by atoms with Crippen molar-refractivity contribution < 1.29 is 0 Å². The van der Waals surface area contributed by atoms with Crippen LogP contribution in [0.15, 0.2) is 17.5 Å². The lowest BCUT2D eigenvalue weighted by Crippen LogP contribution is -1.98. The predicted molar refractivity (Wildman–Crippen MR) is 48.0 cm³/mol. The van der Waals surface area contributed by atoms with Crippen molar-refractivity contribution in [3.63, 3.8) is 0 Å².